The second-order valence-electron chi connectivity index (χ2n) is 7.45. The maximum Gasteiger partial charge on any atom is 0.264 e. The Morgan fingerprint density at radius 3 is 2.06 bits per heavy atom. The first-order chi connectivity index (χ1) is 15.0. The molecule has 1 amide bonds. The number of piperazine rings is 1. The Kier molecular flexibility index (Phi) is 5.95. The average Bonchev–Trinajstić information content (AvgIpc) is 2.84. The van der Waals surface area contributed by atoms with Crippen LogP contribution in [0.25, 0.3) is 0 Å². The first-order valence-electron chi connectivity index (χ1n) is 10.2. The van der Waals surface area contributed by atoms with E-state index in [1.54, 1.807) is 41.3 Å². The Morgan fingerprint density at radius 1 is 0.806 bits per heavy atom. The average molecular weight is 436 g/mol. The van der Waals surface area contributed by atoms with E-state index in [1.807, 2.05) is 24.3 Å². The number of carbonyl (C=O) groups excluding carboxylic acids is 1. The van der Waals surface area contributed by atoms with Gasteiger partial charge >= 0.3 is 0 Å². The van der Waals surface area contributed by atoms with Gasteiger partial charge in [0.25, 0.3) is 15.9 Å². The fourth-order valence-electron chi connectivity index (χ4n) is 3.71. The van der Waals surface area contributed by atoms with E-state index < -0.39 is 10.0 Å². The van der Waals surface area contributed by atoms with Gasteiger partial charge in [0.05, 0.1) is 10.6 Å². The Labute approximate surface area is 183 Å². The summed E-state index contributed by atoms with van der Waals surface area (Å²) in [7, 11) is -2.25. The molecule has 3 aromatic carbocycles. The topological polar surface area (TPSA) is 60.9 Å². The third kappa shape index (κ3) is 4.41. The predicted molar refractivity (Wildman–Crippen MR) is 123 cm³/mol. The summed E-state index contributed by atoms with van der Waals surface area (Å²) in [5, 5.41) is 0. The number of para-hydroxylation sites is 2. The van der Waals surface area contributed by atoms with Crippen LogP contribution >= 0.6 is 0 Å². The van der Waals surface area contributed by atoms with E-state index in [2.05, 4.69) is 17.0 Å². The van der Waals surface area contributed by atoms with Gasteiger partial charge in [0.1, 0.15) is 0 Å². The number of sulfonamides is 1. The van der Waals surface area contributed by atoms with Gasteiger partial charge in [-0.15, -0.1) is 0 Å². The molecule has 31 heavy (non-hydrogen) atoms. The molecule has 1 heterocycles. The van der Waals surface area contributed by atoms with Gasteiger partial charge in [-0.25, -0.2) is 8.42 Å². The highest BCUT2D eigenvalue weighted by molar-refractivity contribution is 7.92. The van der Waals surface area contributed by atoms with Crippen molar-refractivity contribution in [2.24, 2.45) is 0 Å². The molecule has 160 valence electrons. The quantitative estimate of drug-likeness (QED) is 0.616. The summed E-state index contributed by atoms with van der Waals surface area (Å²) in [6, 6.07) is 25.3. The second-order valence-corrected chi connectivity index (χ2v) is 9.42. The molecule has 4 rings (SSSR count). The lowest BCUT2D eigenvalue weighted by Gasteiger charge is -2.36. The molecule has 0 aromatic heterocycles. The predicted octanol–water partition coefficient (Wildman–Crippen LogP) is 3.47. The van der Waals surface area contributed by atoms with Crippen LogP contribution in [0.3, 0.4) is 0 Å². The molecule has 1 aliphatic rings. The van der Waals surface area contributed by atoms with Crippen LogP contribution in [0.2, 0.25) is 0 Å². The fraction of sp³-hybridized carbons (Fsp3) is 0.208. The maximum absolute atomic E-state index is 13.1. The zero-order valence-corrected chi connectivity index (χ0v) is 18.2. The molecule has 0 bridgehead atoms. The van der Waals surface area contributed by atoms with E-state index in [0.29, 0.717) is 24.3 Å². The molecular formula is C24H25N3O3S. The largest absolute Gasteiger partial charge is 0.368 e. The van der Waals surface area contributed by atoms with Crippen molar-refractivity contribution < 1.29 is 13.2 Å². The van der Waals surface area contributed by atoms with Crippen molar-refractivity contribution in [3.05, 3.63) is 90.5 Å². The molecule has 1 saturated heterocycles. The zero-order valence-electron chi connectivity index (χ0n) is 17.4. The van der Waals surface area contributed by atoms with E-state index >= 15 is 0 Å². The molecule has 0 radical (unpaired) electrons. The molecule has 0 atom stereocenters. The van der Waals surface area contributed by atoms with Crippen molar-refractivity contribution in [1.82, 2.24) is 4.90 Å². The lowest BCUT2D eigenvalue weighted by Crippen LogP contribution is -2.48. The number of hydrogen-bond donors (Lipinski definition) is 0. The van der Waals surface area contributed by atoms with E-state index in [0.717, 1.165) is 18.8 Å². The standard InChI is InChI=1S/C24H25N3O3S/c1-25(21-10-4-2-5-11-21)31(29,30)23-14-8-9-20(19-23)24(28)27-17-15-26(16-18-27)22-12-6-3-7-13-22/h2-14,19H,15-18H2,1H3. The molecule has 1 fully saturated rings. The molecule has 0 aliphatic carbocycles. The van der Waals surface area contributed by atoms with Crippen molar-refractivity contribution in [2.45, 2.75) is 4.90 Å². The number of nitrogens with zero attached hydrogens (tertiary/aromatic N) is 3. The number of hydrogen-bond acceptors (Lipinski definition) is 4. The normalized spacial score (nSPS) is 14.4. The minimum Gasteiger partial charge on any atom is -0.368 e. The van der Waals surface area contributed by atoms with Crippen molar-refractivity contribution >= 4 is 27.3 Å². The van der Waals surface area contributed by atoms with Crippen LogP contribution in [0.1, 0.15) is 10.4 Å². The monoisotopic (exact) mass is 435 g/mol. The summed E-state index contributed by atoms with van der Waals surface area (Å²) in [5.74, 6) is -0.146. The minimum absolute atomic E-state index is 0.104. The van der Waals surface area contributed by atoms with Crippen LogP contribution in [-0.4, -0.2) is 52.5 Å². The van der Waals surface area contributed by atoms with Gasteiger partial charge in [0, 0.05) is 44.5 Å². The highest BCUT2D eigenvalue weighted by atomic mass is 32.2. The van der Waals surface area contributed by atoms with Gasteiger partial charge < -0.3 is 9.80 Å². The number of rotatable bonds is 5. The number of anilines is 2. The number of amides is 1. The summed E-state index contributed by atoms with van der Waals surface area (Å²) in [4.78, 5) is 17.2. The van der Waals surface area contributed by atoms with Crippen molar-refractivity contribution in [3.63, 3.8) is 0 Å². The van der Waals surface area contributed by atoms with E-state index in [9.17, 15) is 13.2 Å². The Balaban J connectivity index is 1.49. The first-order valence-corrected chi connectivity index (χ1v) is 11.6. The maximum atomic E-state index is 13.1. The van der Waals surface area contributed by atoms with Crippen LogP contribution < -0.4 is 9.21 Å². The van der Waals surface area contributed by atoms with E-state index in [1.165, 1.54) is 23.5 Å². The lowest BCUT2D eigenvalue weighted by molar-refractivity contribution is 0.0746. The third-order valence-electron chi connectivity index (χ3n) is 5.55. The SMILES string of the molecule is CN(c1ccccc1)S(=O)(=O)c1cccc(C(=O)N2CCN(c3ccccc3)CC2)c1. The van der Waals surface area contributed by atoms with Gasteiger partial charge in [0.15, 0.2) is 0 Å². The Bertz CT molecular complexity index is 1140. The molecule has 7 heteroatoms. The van der Waals surface area contributed by atoms with Crippen molar-refractivity contribution in [2.75, 3.05) is 42.4 Å². The number of benzene rings is 3. The van der Waals surface area contributed by atoms with E-state index in [4.69, 9.17) is 0 Å². The van der Waals surface area contributed by atoms with Gasteiger partial charge in [-0.3, -0.25) is 9.10 Å². The van der Waals surface area contributed by atoms with Crippen LogP contribution in [-0.2, 0) is 10.0 Å². The summed E-state index contributed by atoms with van der Waals surface area (Å²) in [5.41, 5.74) is 2.10. The molecule has 1 aliphatic heterocycles. The molecule has 0 saturated carbocycles. The minimum atomic E-state index is -3.77. The van der Waals surface area contributed by atoms with Gasteiger partial charge in [-0.2, -0.15) is 0 Å². The summed E-state index contributed by atoms with van der Waals surface area (Å²) >= 11 is 0. The molecule has 0 unspecified atom stereocenters. The second kappa shape index (κ2) is 8.81. The van der Waals surface area contributed by atoms with Gasteiger partial charge in [-0.05, 0) is 42.5 Å². The first kappa shape index (κ1) is 20.9. The highest BCUT2D eigenvalue weighted by Crippen LogP contribution is 2.23. The number of carbonyl (C=O) groups is 1. The Morgan fingerprint density at radius 2 is 1.42 bits per heavy atom. The van der Waals surface area contributed by atoms with Crippen molar-refractivity contribution in [3.8, 4) is 0 Å². The van der Waals surface area contributed by atoms with Gasteiger partial charge in [-0.1, -0.05) is 42.5 Å². The summed E-state index contributed by atoms with van der Waals surface area (Å²) < 4.78 is 27.4. The molecule has 0 spiro atoms. The van der Waals surface area contributed by atoms with Crippen LogP contribution in [0.15, 0.2) is 89.8 Å². The smallest absolute Gasteiger partial charge is 0.264 e. The molecule has 6 nitrogen and oxygen atoms in total. The van der Waals surface area contributed by atoms with Crippen LogP contribution in [0.5, 0.6) is 0 Å². The highest BCUT2D eigenvalue weighted by Gasteiger charge is 2.25. The van der Waals surface area contributed by atoms with Gasteiger partial charge in [0.2, 0.25) is 0 Å². The summed E-state index contributed by atoms with van der Waals surface area (Å²) in [6.45, 7) is 2.66. The summed E-state index contributed by atoms with van der Waals surface area (Å²) in [6.07, 6.45) is 0. The molecular weight excluding hydrogens is 410 g/mol. The third-order valence-corrected chi connectivity index (χ3v) is 7.33. The van der Waals surface area contributed by atoms with Crippen LogP contribution in [0, 0.1) is 0 Å². The lowest BCUT2D eigenvalue weighted by atomic mass is 10.1. The Hall–Kier alpha value is -3.32. The zero-order chi connectivity index (χ0) is 21.8. The molecule has 0 N–H and O–H groups in total. The van der Waals surface area contributed by atoms with Crippen LogP contribution in [0.4, 0.5) is 11.4 Å². The van der Waals surface area contributed by atoms with E-state index in [-0.39, 0.29) is 10.8 Å². The fourth-order valence-corrected chi connectivity index (χ4v) is 4.96. The van der Waals surface area contributed by atoms with Crippen molar-refractivity contribution in [1.29, 1.82) is 0 Å². The molecule has 3 aromatic rings.